The highest BCUT2D eigenvalue weighted by Crippen LogP contribution is 2.41. The molecule has 0 radical (unpaired) electrons. The fourth-order valence-corrected chi connectivity index (χ4v) is 5.86. The van der Waals surface area contributed by atoms with E-state index in [0.717, 1.165) is 48.9 Å². The van der Waals surface area contributed by atoms with Gasteiger partial charge in [0.15, 0.2) is 0 Å². The molecule has 0 amide bonds. The molecule has 0 unspecified atom stereocenters. The number of aromatic nitrogens is 1. The van der Waals surface area contributed by atoms with E-state index in [1.807, 2.05) is 30.3 Å². The first-order valence-corrected chi connectivity index (χ1v) is 13.3. The molecule has 188 valence electrons. The number of nitrogens with zero attached hydrogens (tertiary/aromatic N) is 4. The van der Waals surface area contributed by atoms with Crippen LogP contribution in [0.15, 0.2) is 68.8 Å². The molecular weight excluding hydrogens is 472 g/mol. The van der Waals surface area contributed by atoms with Crippen LogP contribution in [0, 0.1) is 6.92 Å². The van der Waals surface area contributed by atoms with Gasteiger partial charge in [-0.05, 0) is 67.3 Å². The highest BCUT2D eigenvalue weighted by atomic mass is 32.1. The molecule has 1 aliphatic carbocycles. The molecule has 1 aromatic carbocycles. The zero-order chi connectivity index (χ0) is 25.1. The first-order chi connectivity index (χ1) is 17.4. The fraction of sp³-hybridized carbons (Fsp3) is 0.370. The van der Waals surface area contributed by atoms with E-state index in [9.17, 15) is 4.79 Å². The van der Waals surface area contributed by atoms with E-state index >= 15 is 0 Å². The van der Waals surface area contributed by atoms with Crippen molar-refractivity contribution in [2.45, 2.75) is 57.7 Å². The molecule has 2 aromatic heterocycles. The minimum absolute atomic E-state index is 0.103. The smallest absolute Gasteiger partial charge is 0.254 e. The minimum Gasteiger partial charge on any atom is -0.493 e. The van der Waals surface area contributed by atoms with Crippen molar-refractivity contribution < 1.29 is 4.74 Å². The van der Waals surface area contributed by atoms with Gasteiger partial charge in [0.2, 0.25) is 11.9 Å². The van der Waals surface area contributed by atoms with Gasteiger partial charge in [-0.25, -0.2) is 4.99 Å². The number of aliphatic imine (C=N–C) groups is 2. The summed E-state index contributed by atoms with van der Waals surface area (Å²) in [6.45, 7) is 3.04. The van der Waals surface area contributed by atoms with Crippen LogP contribution in [0.2, 0.25) is 0 Å². The van der Waals surface area contributed by atoms with Gasteiger partial charge in [0.25, 0.3) is 5.56 Å². The van der Waals surface area contributed by atoms with Crippen LogP contribution in [0.5, 0.6) is 5.75 Å². The van der Waals surface area contributed by atoms with Gasteiger partial charge < -0.3 is 20.8 Å². The number of rotatable bonds is 7. The number of pyridine rings is 1. The lowest BCUT2D eigenvalue weighted by Crippen LogP contribution is -2.58. The molecule has 2 aliphatic rings. The number of thiophene rings is 1. The lowest BCUT2D eigenvalue weighted by molar-refractivity contribution is 0.305. The second-order valence-corrected chi connectivity index (χ2v) is 10.4. The van der Waals surface area contributed by atoms with Gasteiger partial charge in [-0.15, -0.1) is 11.3 Å². The molecular formula is C27H32N6O2S. The summed E-state index contributed by atoms with van der Waals surface area (Å²) in [4.78, 5) is 25.3. The van der Waals surface area contributed by atoms with Gasteiger partial charge in [0, 0.05) is 29.2 Å². The number of ether oxygens (including phenoxy) is 1. The molecule has 1 fully saturated rings. The normalized spacial score (nSPS) is 17.1. The molecule has 0 bridgehead atoms. The highest BCUT2D eigenvalue weighted by molar-refractivity contribution is 7.09. The number of anilines is 1. The Hall–Kier alpha value is -3.59. The van der Waals surface area contributed by atoms with Crippen LogP contribution in [-0.2, 0) is 13.0 Å². The van der Waals surface area contributed by atoms with Gasteiger partial charge in [0.1, 0.15) is 11.4 Å². The summed E-state index contributed by atoms with van der Waals surface area (Å²) in [5, 5.41) is 2.05. The summed E-state index contributed by atoms with van der Waals surface area (Å²) in [5.74, 6) is 1.19. The molecule has 36 heavy (non-hydrogen) atoms. The molecule has 4 N–H and O–H groups in total. The summed E-state index contributed by atoms with van der Waals surface area (Å²) in [7, 11) is 0. The van der Waals surface area contributed by atoms with Crippen LogP contribution >= 0.6 is 11.3 Å². The van der Waals surface area contributed by atoms with Crippen molar-refractivity contribution in [3.63, 3.8) is 0 Å². The summed E-state index contributed by atoms with van der Waals surface area (Å²) >= 11 is 1.71. The third-order valence-corrected chi connectivity index (χ3v) is 7.95. The molecule has 1 spiro atoms. The lowest BCUT2D eigenvalue weighted by atomic mass is 9.86. The topological polar surface area (TPSA) is 111 Å². The average Bonchev–Trinajstić information content (AvgIpc) is 3.36. The van der Waals surface area contributed by atoms with Crippen LogP contribution in [0.4, 0.5) is 5.69 Å². The van der Waals surface area contributed by atoms with E-state index in [-0.39, 0.29) is 11.5 Å². The van der Waals surface area contributed by atoms with Crippen LogP contribution in [0.25, 0.3) is 0 Å². The second-order valence-electron chi connectivity index (χ2n) is 9.39. The summed E-state index contributed by atoms with van der Waals surface area (Å²) in [6, 6.07) is 13.6. The molecule has 9 heteroatoms. The van der Waals surface area contributed by atoms with E-state index in [4.69, 9.17) is 21.2 Å². The van der Waals surface area contributed by atoms with Crippen molar-refractivity contribution in [2.24, 2.45) is 21.5 Å². The van der Waals surface area contributed by atoms with E-state index in [1.54, 1.807) is 28.2 Å². The number of nitrogens with two attached hydrogens (primary N) is 2. The fourth-order valence-electron chi connectivity index (χ4n) is 5.17. The highest BCUT2D eigenvalue weighted by Gasteiger charge is 2.43. The molecule has 8 nitrogen and oxygen atoms in total. The zero-order valence-electron chi connectivity index (χ0n) is 20.5. The number of guanidine groups is 2. The van der Waals surface area contributed by atoms with E-state index < -0.39 is 5.66 Å². The zero-order valence-corrected chi connectivity index (χ0v) is 21.3. The first-order valence-electron chi connectivity index (χ1n) is 12.4. The Kier molecular flexibility index (Phi) is 6.82. The van der Waals surface area contributed by atoms with Crippen LogP contribution in [0.1, 0.15) is 48.1 Å². The van der Waals surface area contributed by atoms with E-state index in [1.165, 1.54) is 11.3 Å². The third kappa shape index (κ3) is 4.88. The van der Waals surface area contributed by atoms with Gasteiger partial charge in [-0.2, -0.15) is 4.99 Å². The second kappa shape index (κ2) is 10.2. The third-order valence-electron chi connectivity index (χ3n) is 7.02. The van der Waals surface area contributed by atoms with Crippen LogP contribution < -0.4 is 26.7 Å². The van der Waals surface area contributed by atoms with Crippen LogP contribution in [-0.4, -0.2) is 28.8 Å². The van der Waals surface area contributed by atoms with Crippen molar-refractivity contribution in [3.8, 4) is 5.75 Å². The standard InChI is InChI=1S/C27H32N6O2S/c1-19-20(18-32-14-10-21(17-24(32)34)35-15-11-22-8-6-16-36-22)7-5-9-23(19)33-26(29)30-25(28)31-27(33)12-3-2-4-13-27/h5-10,14,16-17H,2-4,11-13,15,18H2,1H3,(H4,28,29,30,31). The Morgan fingerprint density at radius 3 is 2.69 bits per heavy atom. The van der Waals surface area contributed by atoms with Crippen molar-refractivity contribution in [1.29, 1.82) is 0 Å². The predicted octanol–water partition coefficient (Wildman–Crippen LogP) is 4.00. The Morgan fingerprint density at radius 2 is 1.94 bits per heavy atom. The molecule has 3 heterocycles. The SMILES string of the molecule is Cc1c(Cn2ccc(OCCc3cccs3)cc2=O)cccc1N1C(N)=NC(N)=NC12CCCCC2. The van der Waals surface area contributed by atoms with Gasteiger partial charge in [-0.1, -0.05) is 24.6 Å². The van der Waals surface area contributed by atoms with Crippen molar-refractivity contribution in [1.82, 2.24) is 4.57 Å². The van der Waals surface area contributed by atoms with E-state index in [0.29, 0.717) is 24.9 Å². The van der Waals surface area contributed by atoms with Gasteiger partial charge in [0.05, 0.1) is 13.2 Å². The monoisotopic (exact) mass is 504 g/mol. The van der Waals surface area contributed by atoms with Gasteiger partial charge >= 0.3 is 0 Å². The Balaban J connectivity index is 1.36. The Morgan fingerprint density at radius 1 is 1.11 bits per heavy atom. The Labute approximate surface area is 214 Å². The molecule has 5 rings (SSSR count). The first kappa shape index (κ1) is 24.1. The Bertz CT molecular complexity index is 1340. The van der Waals surface area contributed by atoms with Crippen LogP contribution in [0.3, 0.4) is 0 Å². The molecule has 1 aliphatic heterocycles. The predicted molar refractivity (Wildman–Crippen MR) is 146 cm³/mol. The number of hydrogen-bond donors (Lipinski definition) is 2. The maximum Gasteiger partial charge on any atom is 0.254 e. The largest absolute Gasteiger partial charge is 0.493 e. The molecule has 0 saturated heterocycles. The molecule has 1 saturated carbocycles. The van der Waals surface area contributed by atoms with E-state index in [2.05, 4.69) is 28.3 Å². The van der Waals surface area contributed by atoms with Crippen molar-refractivity contribution in [2.75, 3.05) is 11.5 Å². The summed E-state index contributed by atoms with van der Waals surface area (Å²) in [6.07, 6.45) is 7.68. The van der Waals surface area contributed by atoms with Gasteiger partial charge in [-0.3, -0.25) is 9.69 Å². The maximum atomic E-state index is 12.9. The summed E-state index contributed by atoms with van der Waals surface area (Å²) in [5.41, 5.74) is 14.9. The molecule has 3 aromatic rings. The van der Waals surface area contributed by atoms with Crippen molar-refractivity contribution >= 4 is 28.9 Å². The summed E-state index contributed by atoms with van der Waals surface area (Å²) < 4.78 is 7.50. The average molecular weight is 505 g/mol. The molecule has 0 atom stereocenters. The lowest BCUT2D eigenvalue weighted by Gasteiger charge is -2.46. The minimum atomic E-state index is -0.503. The number of benzene rings is 1. The maximum absolute atomic E-state index is 12.9. The van der Waals surface area contributed by atoms with Crippen molar-refractivity contribution in [3.05, 3.63) is 80.4 Å². The quantitative estimate of drug-likeness (QED) is 0.505. The number of hydrogen-bond acceptors (Lipinski definition) is 8.